The lowest BCUT2D eigenvalue weighted by molar-refractivity contribution is -0.116. The zero-order valence-electron chi connectivity index (χ0n) is 12.7. The molecule has 6 nitrogen and oxygen atoms in total. The van der Waals surface area contributed by atoms with E-state index in [4.69, 9.17) is 5.11 Å². The van der Waals surface area contributed by atoms with Gasteiger partial charge in [0.2, 0.25) is 5.91 Å². The Morgan fingerprint density at radius 1 is 0.957 bits per heavy atom. The third-order valence-electron chi connectivity index (χ3n) is 3.38. The van der Waals surface area contributed by atoms with Crippen LogP contribution in [0.5, 0.6) is 0 Å². The fraction of sp³-hybridized carbons (Fsp3) is 0.118. The van der Waals surface area contributed by atoms with Crippen molar-refractivity contribution in [2.24, 2.45) is 0 Å². The lowest BCUT2D eigenvalue weighted by atomic mass is 10.1. The van der Waals surface area contributed by atoms with Crippen molar-refractivity contribution in [1.29, 1.82) is 0 Å². The van der Waals surface area contributed by atoms with Crippen LogP contribution >= 0.6 is 0 Å². The van der Waals surface area contributed by atoms with Gasteiger partial charge in [0, 0.05) is 19.5 Å². The van der Waals surface area contributed by atoms with Crippen LogP contribution in [0.1, 0.15) is 27.6 Å². The molecule has 0 aromatic heterocycles. The largest absolute Gasteiger partial charge is 0.478 e. The number of nitrogens with zero attached hydrogens (tertiary/aromatic N) is 1. The van der Waals surface area contributed by atoms with Gasteiger partial charge in [0.1, 0.15) is 0 Å². The van der Waals surface area contributed by atoms with Crippen molar-refractivity contribution in [3.63, 3.8) is 0 Å². The number of aromatic carboxylic acids is 1. The van der Waals surface area contributed by atoms with Crippen LogP contribution in [0.2, 0.25) is 0 Å². The van der Waals surface area contributed by atoms with Crippen LogP contribution in [-0.4, -0.2) is 29.9 Å². The number of hydrogen-bond donors (Lipinski definition) is 2. The van der Waals surface area contributed by atoms with E-state index >= 15 is 0 Å². The van der Waals surface area contributed by atoms with E-state index in [2.05, 4.69) is 5.32 Å². The van der Waals surface area contributed by atoms with Crippen molar-refractivity contribution in [2.45, 2.75) is 6.92 Å². The highest BCUT2D eigenvalue weighted by atomic mass is 16.4. The number of carboxylic acids is 1. The molecule has 0 unspecified atom stereocenters. The van der Waals surface area contributed by atoms with Crippen LogP contribution < -0.4 is 10.2 Å². The lowest BCUT2D eigenvalue weighted by Gasteiger charge is -2.19. The van der Waals surface area contributed by atoms with Crippen LogP contribution in [0, 0.1) is 0 Å². The predicted octanol–water partition coefficient (Wildman–Crippen LogP) is 2.62. The molecule has 0 spiro atoms. The Morgan fingerprint density at radius 3 is 2.09 bits per heavy atom. The van der Waals surface area contributed by atoms with E-state index < -0.39 is 5.97 Å². The SMILES string of the molecule is CC(=O)N(C)c1ccccc1NC(=O)c1ccc(C(=O)O)cc1. The Bertz CT molecular complexity index is 753. The fourth-order valence-corrected chi connectivity index (χ4v) is 2.00. The number of rotatable bonds is 4. The number of carboxylic acid groups (broad SMARTS) is 1. The highest BCUT2D eigenvalue weighted by Gasteiger charge is 2.14. The lowest BCUT2D eigenvalue weighted by Crippen LogP contribution is -2.24. The zero-order chi connectivity index (χ0) is 17.0. The van der Waals surface area contributed by atoms with Gasteiger partial charge in [-0.2, -0.15) is 0 Å². The van der Waals surface area contributed by atoms with Gasteiger partial charge in [-0.15, -0.1) is 0 Å². The smallest absolute Gasteiger partial charge is 0.335 e. The molecule has 0 aliphatic heterocycles. The summed E-state index contributed by atoms with van der Waals surface area (Å²) < 4.78 is 0. The average Bonchev–Trinajstić information content (AvgIpc) is 2.54. The van der Waals surface area contributed by atoms with Crippen molar-refractivity contribution < 1.29 is 19.5 Å². The van der Waals surface area contributed by atoms with Crippen molar-refractivity contribution in [3.8, 4) is 0 Å². The van der Waals surface area contributed by atoms with Crippen LogP contribution in [0.25, 0.3) is 0 Å². The summed E-state index contributed by atoms with van der Waals surface area (Å²) >= 11 is 0. The van der Waals surface area contributed by atoms with Crippen LogP contribution in [-0.2, 0) is 4.79 Å². The number of carbonyl (C=O) groups is 3. The first kappa shape index (κ1) is 16.2. The van der Waals surface area contributed by atoms with E-state index in [-0.39, 0.29) is 17.4 Å². The molecule has 2 N–H and O–H groups in total. The molecule has 0 fully saturated rings. The molecule has 2 aromatic carbocycles. The molecular weight excluding hydrogens is 296 g/mol. The van der Waals surface area contributed by atoms with Crippen LogP contribution in [0.4, 0.5) is 11.4 Å². The van der Waals surface area contributed by atoms with E-state index in [1.165, 1.54) is 36.1 Å². The summed E-state index contributed by atoms with van der Waals surface area (Å²) in [5.41, 5.74) is 1.52. The summed E-state index contributed by atoms with van der Waals surface area (Å²) in [5.74, 6) is -1.59. The molecule has 2 aromatic rings. The van der Waals surface area contributed by atoms with Gasteiger partial charge in [0.05, 0.1) is 16.9 Å². The van der Waals surface area contributed by atoms with Gasteiger partial charge >= 0.3 is 5.97 Å². The number of amides is 2. The standard InChI is InChI=1S/C17H16N2O4/c1-11(20)19(2)15-6-4-3-5-14(15)18-16(21)12-7-9-13(10-8-12)17(22)23/h3-10H,1-2H3,(H,18,21)(H,22,23). The van der Waals surface area contributed by atoms with Crippen molar-refractivity contribution in [1.82, 2.24) is 0 Å². The average molecular weight is 312 g/mol. The number of benzene rings is 2. The van der Waals surface area contributed by atoms with Crippen molar-refractivity contribution in [3.05, 3.63) is 59.7 Å². The molecule has 0 aliphatic rings. The molecule has 2 amide bonds. The Kier molecular flexibility index (Phi) is 4.75. The highest BCUT2D eigenvalue weighted by Crippen LogP contribution is 2.25. The number of carbonyl (C=O) groups excluding carboxylic acids is 2. The minimum Gasteiger partial charge on any atom is -0.478 e. The highest BCUT2D eigenvalue weighted by molar-refractivity contribution is 6.07. The molecule has 118 valence electrons. The number of nitrogens with one attached hydrogen (secondary N) is 1. The van der Waals surface area contributed by atoms with Gasteiger partial charge in [-0.3, -0.25) is 9.59 Å². The summed E-state index contributed by atoms with van der Waals surface area (Å²) in [6.07, 6.45) is 0. The predicted molar refractivity (Wildman–Crippen MR) is 86.9 cm³/mol. The summed E-state index contributed by atoms with van der Waals surface area (Å²) in [7, 11) is 1.62. The molecule has 0 atom stereocenters. The van der Waals surface area contributed by atoms with Gasteiger partial charge in [0.15, 0.2) is 0 Å². The fourth-order valence-electron chi connectivity index (χ4n) is 2.00. The quantitative estimate of drug-likeness (QED) is 0.908. The molecular formula is C17H16N2O4. The topological polar surface area (TPSA) is 86.7 Å². The Balaban J connectivity index is 2.23. The summed E-state index contributed by atoms with van der Waals surface area (Å²) in [4.78, 5) is 36.0. The Morgan fingerprint density at radius 2 is 1.52 bits per heavy atom. The molecule has 0 bridgehead atoms. The monoisotopic (exact) mass is 312 g/mol. The Hall–Kier alpha value is -3.15. The molecule has 0 heterocycles. The van der Waals surface area contributed by atoms with E-state index in [0.29, 0.717) is 16.9 Å². The van der Waals surface area contributed by atoms with E-state index in [9.17, 15) is 14.4 Å². The first-order valence-electron chi connectivity index (χ1n) is 6.88. The zero-order valence-corrected chi connectivity index (χ0v) is 12.7. The first-order valence-corrected chi connectivity index (χ1v) is 6.88. The molecule has 0 saturated heterocycles. The van der Waals surface area contributed by atoms with Gasteiger partial charge in [-0.1, -0.05) is 12.1 Å². The minimum absolute atomic E-state index is 0.110. The summed E-state index contributed by atoms with van der Waals surface area (Å²) in [5, 5.41) is 11.6. The molecule has 0 radical (unpaired) electrons. The maximum absolute atomic E-state index is 12.3. The summed E-state index contributed by atoms with van der Waals surface area (Å²) in [6, 6.07) is 12.6. The van der Waals surface area contributed by atoms with Crippen LogP contribution in [0.15, 0.2) is 48.5 Å². The van der Waals surface area contributed by atoms with Gasteiger partial charge in [-0.05, 0) is 36.4 Å². The number of anilines is 2. The van der Waals surface area contributed by atoms with Gasteiger partial charge < -0.3 is 15.3 Å². The van der Waals surface area contributed by atoms with E-state index in [1.54, 1.807) is 31.3 Å². The number of hydrogen-bond acceptors (Lipinski definition) is 3. The Labute approximate surface area is 133 Å². The third-order valence-corrected chi connectivity index (χ3v) is 3.38. The first-order chi connectivity index (χ1) is 10.9. The van der Waals surface area contributed by atoms with E-state index in [0.717, 1.165) is 0 Å². The molecule has 0 saturated carbocycles. The molecule has 6 heteroatoms. The molecule has 2 rings (SSSR count). The van der Waals surface area contributed by atoms with Crippen LogP contribution in [0.3, 0.4) is 0 Å². The summed E-state index contributed by atoms with van der Waals surface area (Å²) in [6.45, 7) is 1.43. The van der Waals surface area contributed by atoms with E-state index in [1.807, 2.05) is 0 Å². The van der Waals surface area contributed by atoms with Crippen molar-refractivity contribution in [2.75, 3.05) is 17.3 Å². The number of para-hydroxylation sites is 2. The van der Waals surface area contributed by atoms with Crippen molar-refractivity contribution >= 4 is 29.2 Å². The second kappa shape index (κ2) is 6.74. The second-order valence-corrected chi connectivity index (χ2v) is 4.93. The normalized spacial score (nSPS) is 10.0. The maximum Gasteiger partial charge on any atom is 0.335 e. The minimum atomic E-state index is -1.05. The van der Waals surface area contributed by atoms with Gasteiger partial charge in [-0.25, -0.2) is 4.79 Å². The molecule has 0 aliphatic carbocycles. The third kappa shape index (κ3) is 3.74. The molecule has 23 heavy (non-hydrogen) atoms. The second-order valence-electron chi connectivity index (χ2n) is 4.93. The van der Waals surface area contributed by atoms with Gasteiger partial charge in [0.25, 0.3) is 5.91 Å². The maximum atomic E-state index is 12.3.